The van der Waals surface area contributed by atoms with Crippen molar-refractivity contribution in [3.63, 3.8) is 0 Å². The Kier molecular flexibility index (Phi) is 6.95. The molecule has 0 saturated carbocycles. The Hall–Kier alpha value is -2.78. The Balaban J connectivity index is 1.45. The predicted molar refractivity (Wildman–Crippen MR) is 113 cm³/mol. The third-order valence-electron chi connectivity index (χ3n) is 4.76. The van der Waals surface area contributed by atoms with E-state index >= 15 is 0 Å². The number of hydrogen-bond acceptors (Lipinski definition) is 5. The van der Waals surface area contributed by atoms with Crippen molar-refractivity contribution in [3.05, 3.63) is 68.7 Å². The van der Waals surface area contributed by atoms with E-state index in [1.165, 1.54) is 18.2 Å². The average molecular weight is 461 g/mol. The van der Waals surface area contributed by atoms with Crippen LogP contribution in [0.15, 0.2) is 53.0 Å². The standard InChI is InChI=1S/C20H21BrN4O4/c21-17-12-16(25(28)29)6-7-18(17)23-19(26)13-24-10-8-15(9-11-24)22-20(27)14-4-2-1-3-5-14/h1-7,12,15H,8-11,13H2,(H,22,27)(H,23,26). The average Bonchev–Trinajstić information content (AvgIpc) is 2.71. The van der Waals surface area contributed by atoms with Crippen LogP contribution in [-0.2, 0) is 4.79 Å². The molecule has 1 fully saturated rings. The lowest BCUT2D eigenvalue weighted by molar-refractivity contribution is -0.384. The van der Waals surface area contributed by atoms with Gasteiger partial charge in [0.2, 0.25) is 5.91 Å². The molecule has 0 bridgehead atoms. The van der Waals surface area contributed by atoms with Crippen molar-refractivity contribution in [1.82, 2.24) is 10.2 Å². The summed E-state index contributed by atoms with van der Waals surface area (Å²) >= 11 is 3.25. The first-order valence-electron chi connectivity index (χ1n) is 9.24. The molecule has 29 heavy (non-hydrogen) atoms. The van der Waals surface area contributed by atoms with Crippen LogP contribution in [0.4, 0.5) is 11.4 Å². The van der Waals surface area contributed by atoms with Gasteiger partial charge in [-0.25, -0.2) is 0 Å². The van der Waals surface area contributed by atoms with Crippen LogP contribution in [0.3, 0.4) is 0 Å². The van der Waals surface area contributed by atoms with Crippen LogP contribution in [0.1, 0.15) is 23.2 Å². The number of benzene rings is 2. The fourth-order valence-corrected chi connectivity index (χ4v) is 3.67. The zero-order valence-electron chi connectivity index (χ0n) is 15.6. The van der Waals surface area contributed by atoms with Gasteiger partial charge in [-0.15, -0.1) is 0 Å². The van der Waals surface area contributed by atoms with Crippen molar-refractivity contribution in [1.29, 1.82) is 0 Å². The van der Waals surface area contributed by atoms with E-state index in [-0.39, 0.29) is 30.1 Å². The minimum Gasteiger partial charge on any atom is -0.349 e. The summed E-state index contributed by atoms with van der Waals surface area (Å²) in [6.07, 6.45) is 1.54. The molecule has 152 valence electrons. The maximum Gasteiger partial charge on any atom is 0.270 e. The highest BCUT2D eigenvalue weighted by Gasteiger charge is 2.23. The molecule has 0 unspecified atom stereocenters. The summed E-state index contributed by atoms with van der Waals surface area (Å²) < 4.78 is 0.461. The second kappa shape index (κ2) is 9.62. The number of nitro benzene ring substituents is 1. The molecular weight excluding hydrogens is 440 g/mol. The highest BCUT2D eigenvalue weighted by atomic mass is 79.9. The number of nitrogens with zero attached hydrogens (tertiary/aromatic N) is 2. The zero-order chi connectivity index (χ0) is 20.8. The highest BCUT2D eigenvalue weighted by Crippen LogP contribution is 2.27. The Morgan fingerprint density at radius 2 is 1.83 bits per heavy atom. The van der Waals surface area contributed by atoms with Gasteiger partial charge in [0, 0.05) is 41.3 Å². The molecule has 3 rings (SSSR count). The normalized spacial score (nSPS) is 14.9. The molecule has 0 atom stereocenters. The molecule has 0 spiro atoms. The van der Waals surface area contributed by atoms with Crippen LogP contribution in [0, 0.1) is 10.1 Å². The fourth-order valence-electron chi connectivity index (χ4n) is 3.21. The lowest BCUT2D eigenvalue weighted by Crippen LogP contribution is -2.46. The minimum atomic E-state index is -0.489. The van der Waals surface area contributed by atoms with Crippen LogP contribution in [0.25, 0.3) is 0 Å². The largest absolute Gasteiger partial charge is 0.349 e. The number of likely N-dealkylation sites (tertiary alicyclic amines) is 1. The van der Waals surface area contributed by atoms with Crippen molar-refractivity contribution < 1.29 is 14.5 Å². The van der Waals surface area contributed by atoms with Gasteiger partial charge in [0.25, 0.3) is 11.6 Å². The number of halogens is 1. The molecule has 0 aliphatic carbocycles. The smallest absolute Gasteiger partial charge is 0.270 e. The number of carbonyl (C=O) groups excluding carboxylic acids is 2. The van der Waals surface area contributed by atoms with Crippen LogP contribution in [-0.4, -0.2) is 47.3 Å². The first-order valence-corrected chi connectivity index (χ1v) is 10.0. The van der Waals surface area contributed by atoms with Gasteiger partial charge in [-0.1, -0.05) is 18.2 Å². The van der Waals surface area contributed by atoms with Crippen molar-refractivity contribution >= 4 is 39.1 Å². The maximum atomic E-state index is 12.3. The van der Waals surface area contributed by atoms with E-state index in [1.807, 2.05) is 23.1 Å². The number of hydrogen-bond donors (Lipinski definition) is 2. The van der Waals surface area contributed by atoms with Crippen molar-refractivity contribution in [2.45, 2.75) is 18.9 Å². The summed E-state index contributed by atoms with van der Waals surface area (Å²) in [7, 11) is 0. The van der Waals surface area contributed by atoms with E-state index in [9.17, 15) is 19.7 Å². The van der Waals surface area contributed by atoms with Gasteiger partial charge in [0.1, 0.15) is 0 Å². The van der Waals surface area contributed by atoms with Crippen molar-refractivity contribution in [2.24, 2.45) is 0 Å². The molecular formula is C20H21BrN4O4. The van der Waals surface area contributed by atoms with Gasteiger partial charge >= 0.3 is 0 Å². The summed E-state index contributed by atoms with van der Waals surface area (Å²) in [5, 5.41) is 16.6. The summed E-state index contributed by atoms with van der Waals surface area (Å²) in [5.41, 5.74) is 1.09. The number of amides is 2. The third-order valence-corrected chi connectivity index (χ3v) is 5.42. The lowest BCUT2D eigenvalue weighted by Gasteiger charge is -2.31. The Bertz CT molecular complexity index is 899. The molecule has 2 amide bonds. The number of carbonyl (C=O) groups is 2. The number of anilines is 1. The van der Waals surface area contributed by atoms with Crippen molar-refractivity contribution in [2.75, 3.05) is 25.0 Å². The van der Waals surface area contributed by atoms with Gasteiger partial charge in [-0.05, 0) is 47.0 Å². The second-order valence-electron chi connectivity index (χ2n) is 6.86. The van der Waals surface area contributed by atoms with Crippen LogP contribution < -0.4 is 10.6 Å². The number of rotatable bonds is 6. The Labute approximate surface area is 176 Å². The Morgan fingerprint density at radius 1 is 1.14 bits per heavy atom. The molecule has 1 heterocycles. The van der Waals surface area contributed by atoms with Gasteiger partial charge < -0.3 is 10.6 Å². The van der Waals surface area contributed by atoms with E-state index in [1.54, 1.807) is 12.1 Å². The summed E-state index contributed by atoms with van der Waals surface area (Å²) in [5.74, 6) is -0.267. The highest BCUT2D eigenvalue weighted by molar-refractivity contribution is 9.10. The van der Waals surface area contributed by atoms with Gasteiger partial charge in [-0.3, -0.25) is 24.6 Å². The van der Waals surface area contributed by atoms with Gasteiger partial charge in [0.05, 0.1) is 17.2 Å². The second-order valence-corrected chi connectivity index (χ2v) is 7.71. The van der Waals surface area contributed by atoms with E-state index in [4.69, 9.17) is 0 Å². The molecule has 1 aliphatic rings. The first kappa shape index (κ1) is 20.9. The van der Waals surface area contributed by atoms with Gasteiger partial charge in [-0.2, -0.15) is 0 Å². The maximum absolute atomic E-state index is 12.3. The Morgan fingerprint density at radius 3 is 2.45 bits per heavy atom. The van der Waals surface area contributed by atoms with Crippen molar-refractivity contribution in [3.8, 4) is 0 Å². The number of nitrogens with one attached hydrogen (secondary N) is 2. The molecule has 2 N–H and O–H groups in total. The van der Waals surface area contributed by atoms with E-state index < -0.39 is 4.92 Å². The zero-order valence-corrected chi connectivity index (χ0v) is 17.2. The quantitative estimate of drug-likeness (QED) is 0.508. The van der Waals surface area contributed by atoms with Gasteiger partial charge in [0.15, 0.2) is 0 Å². The van der Waals surface area contributed by atoms with Crippen LogP contribution in [0.2, 0.25) is 0 Å². The molecule has 1 aliphatic heterocycles. The van der Waals surface area contributed by atoms with E-state index in [0.717, 1.165) is 12.8 Å². The molecule has 0 radical (unpaired) electrons. The summed E-state index contributed by atoms with van der Waals surface area (Å²) in [4.78, 5) is 36.9. The predicted octanol–water partition coefficient (Wildman–Crippen LogP) is 3.19. The fraction of sp³-hybridized carbons (Fsp3) is 0.300. The summed E-state index contributed by atoms with van der Waals surface area (Å²) in [6, 6.07) is 13.4. The molecule has 2 aromatic carbocycles. The lowest BCUT2D eigenvalue weighted by atomic mass is 10.0. The molecule has 8 nitrogen and oxygen atoms in total. The van der Waals surface area contributed by atoms with Crippen LogP contribution >= 0.6 is 15.9 Å². The number of nitro groups is 1. The molecule has 0 aromatic heterocycles. The third kappa shape index (κ3) is 5.85. The molecule has 9 heteroatoms. The molecule has 2 aromatic rings. The minimum absolute atomic E-state index is 0.0468. The topological polar surface area (TPSA) is 105 Å². The SMILES string of the molecule is O=C(CN1CCC(NC(=O)c2ccccc2)CC1)Nc1ccc([N+](=O)[O-])cc1Br. The number of non-ortho nitro benzene ring substituents is 1. The molecule has 1 saturated heterocycles. The first-order chi connectivity index (χ1) is 13.9. The van der Waals surface area contributed by atoms with E-state index in [0.29, 0.717) is 28.8 Å². The monoisotopic (exact) mass is 460 g/mol. The summed E-state index contributed by atoms with van der Waals surface area (Å²) in [6.45, 7) is 1.63. The number of piperidine rings is 1. The van der Waals surface area contributed by atoms with Crippen LogP contribution in [0.5, 0.6) is 0 Å². The van der Waals surface area contributed by atoms with E-state index in [2.05, 4.69) is 26.6 Å².